The molecule has 1 unspecified atom stereocenters. The smallest absolute Gasteiger partial charge is 0.0835 e. The van der Waals surface area contributed by atoms with Crippen molar-refractivity contribution in [3.8, 4) is 0 Å². The second-order valence-electron chi connectivity index (χ2n) is 5.91. The molecule has 2 aromatic rings. The van der Waals surface area contributed by atoms with Crippen LogP contribution in [0.3, 0.4) is 0 Å². The highest BCUT2D eigenvalue weighted by Crippen LogP contribution is 2.33. The monoisotopic (exact) mass is 418 g/mol. The normalized spacial score (nSPS) is 13.3. The van der Waals surface area contributed by atoms with E-state index in [2.05, 4.69) is 67.6 Å². The van der Waals surface area contributed by atoms with Gasteiger partial charge in [0, 0.05) is 3.57 Å². The first kappa shape index (κ1) is 16.1. The Labute approximate surface area is 144 Å². The Kier molecular flexibility index (Phi) is 5.04. The molecule has 2 rings (SSSR count). The van der Waals surface area contributed by atoms with Crippen molar-refractivity contribution in [1.29, 1.82) is 0 Å². The molecule has 0 aliphatic rings. The molecule has 0 aromatic heterocycles. The predicted octanol–water partition coefficient (Wildman–Crippen LogP) is 6.57. The SMILES string of the molecule is CC(C)(C)c1ccc(C(Cl)c2ccc(I)c(Cl)c2)cc1. The first-order chi connectivity index (χ1) is 9.29. The minimum absolute atomic E-state index is 0.159. The van der Waals surface area contributed by atoms with E-state index in [1.54, 1.807) is 0 Å². The van der Waals surface area contributed by atoms with Gasteiger partial charge in [0.05, 0.1) is 10.4 Å². The molecular weight excluding hydrogens is 402 g/mol. The maximum Gasteiger partial charge on any atom is 0.0835 e. The molecule has 0 bridgehead atoms. The van der Waals surface area contributed by atoms with E-state index in [0.717, 1.165) is 19.7 Å². The third-order valence-corrected chi connectivity index (χ3v) is 5.38. The Balaban J connectivity index is 2.29. The molecule has 0 saturated carbocycles. The zero-order valence-corrected chi connectivity index (χ0v) is 15.4. The lowest BCUT2D eigenvalue weighted by Crippen LogP contribution is -2.10. The summed E-state index contributed by atoms with van der Waals surface area (Å²) in [6.07, 6.45) is 0. The largest absolute Gasteiger partial charge is 0.113 e. The summed E-state index contributed by atoms with van der Waals surface area (Å²) in [5, 5.41) is 0.582. The average Bonchev–Trinajstić information content (AvgIpc) is 2.40. The Hall–Kier alpha value is -0.250. The number of halogens is 3. The van der Waals surface area contributed by atoms with Crippen LogP contribution in [0.25, 0.3) is 0 Å². The molecule has 0 N–H and O–H groups in total. The standard InChI is InChI=1S/C17H17Cl2I/c1-17(2,3)13-7-4-11(5-8-13)16(19)12-6-9-15(20)14(18)10-12/h4-10,16H,1-3H3. The Morgan fingerprint density at radius 3 is 2.00 bits per heavy atom. The number of alkyl halides is 1. The quantitative estimate of drug-likeness (QED) is 0.382. The van der Waals surface area contributed by atoms with Crippen LogP contribution in [0.5, 0.6) is 0 Å². The Morgan fingerprint density at radius 1 is 0.950 bits per heavy atom. The maximum absolute atomic E-state index is 6.56. The summed E-state index contributed by atoms with van der Waals surface area (Å²) < 4.78 is 1.04. The van der Waals surface area contributed by atoms with Gasteiger partial charge in [0.25, 0.3) is 0 Å². The lowest BCUT2D eigenvalue weighted by atomic mass is 9.86. The van der Waals surface area contributed by atoms with Crippen LogP contribution < -0.4 is 0 Å². The highest BCUT2D eigenvalue weighted by Gasteiger charge is 2.16. The molecule has 1 atom stereocenters. The molecule has 0 fully saturated rings. The molecule has 106 valence electrons. The molecule has 0 heterocycles. The number of hydrogen-bond donors (Lipinski definition) is 0. The third kappa shape index (κ3) is 3.69. The minimum atomic E-state index is -0.168. The second kappa shape index (κ2) is 6.25. The van der Waals surface area contributed by atoms with E-state index in [1.807, 2.05) is 18.2 Å². The van der Waals surface area contributed by atoms with Gasteiger partial charge in [0.1, 0.15) is 0 Å². The van der Waals surface area contributed by atoms with Gasteiger partial charge < -0.3 is 0 Å². The molecule has 0 radical (unpaired) electrons. The van der Waals surface area contributed by atoms with Crippen molar-refractivity contribution in [3.05, 3.63) is 67.7 Å². The summed E-state index contributed by atoms with van der Waals surface area (Å²) in [6.45, 7) is 6.62. The zero-order chi connectivity index (χ0) is 14.9. The Bertz CT molecular complexity index is 597. The molecule has 0 aliphatic carbocycles. The van der Waals surface area contributed by atoms with E-state index in [1.165, 1.54) is 5.56 Å². The minimum Gasteiger partial charge on any atom is -0.113 e. The van der Waals surface area contributed by atoms with Crippen molar-refractivity contribution < 1.29 is 0 Å². The molecule has 0 nitrogen and oxygen atoms in total. The molecule has 0 amide bonds. The van der Waals surface area contributed by atoms with Crippen molar-refractivity contribution >= 4 is 45.8 Å². The van der Waals surface area contributed by atoms with Gasteiger partial charge in [-0.2, -0.15) is 0 Å². The lowest BCUT2D eigenvalue weighted by Gasteiger charge is -2.20. The second-order valence-corrected chi connectivity index (χ2v) is 7.91. The summed E-state index contributed by atoms with van der Waals surface area (Å²) in [7, 11) is 0. The van der Waals surface area contributed by atoms with Crippen molar-refractivity contribution in [3.63, 3.8) is 0 Å². The molecule has 3 heteroatoms. The van der Waals surface area contributed by atoms with Crippen LogP contribution in [0.2, 0.25) is 5.02 Å². The first-order valence-electron chi connectivity index (χ1n) is 6.48. The molecule has 0 saturated heterocycles. The van der Waals surface area contributed by atoms with E-state index < -0.39 is 0 Å². The van der Waals surface area contributed by atoms with E-state index in [9.17, 15) is 0 Å². The number of rotatable bonds is 2. The third-order valence-electron chi connectivity index (χ3n) is 3.31. The summed E-state index contributed by atoms with van der Waals surface area (Å²) in [5.74, 6) is 0. The highest BCUT2D eigenvalue weighted by molar-refractivity contribution is 14.1. The van der Waals surface area contributed by atoms with Gasteiger partial charge in [-0.3, -0.25) is 0 Å². The fourth-order valence-corrected chi connectivity index (χ4v) is 2.82. The average molecular weight is 419 g/mol. The fourth-order valence-electron chi connectivity index (χ4n) is 2.01. The lowest BCUT2D eigenvalue weighted by molar-refractivity contribution is 0.590. The van der Waals surface area contributed by atoms with E-state index in [4.69, 9.17) is 23.2 Å². The van der Waals surface area contributed by atoms with Gasteiger partial charge in [-0.05, 0) is 56.8 Å². The van der Waals surface area contributed by atoms with E-state index in [-0.39, 0.29) is 10.8 Å². The summed E-state index contributed by atoms with van der Waals surface area (Å²) >= 11 is 14.9. The van der Waals surface area contributed by atoms with Crippen LogP contribution >= 0.6 is 45.8 Å². The number of hydrogen-bond acceptors (Lipinski definition) is 0. The van der Waals surface area contributed by atoms with E-state index >= 15 is 0 Å². The van der Waals surface area contributed by atoms with Crippen LogP contribution in [0, 0.1) is 3.57 Å². The molecule has 20 heavy (non-hydrogen) atoms. The van der Waals surface area contributed by atoms with Crippen molar-refractivity contribution in [2.75, 3.05) is 0 Å². The van der Waals surface area contributed by atoms with Gasteiger partial charge in [0.2, 0.25) is 0 Å². The molecule has 0 spiro atoms. The zero-order valence-electron chi connectivity index (χ0n) is 11.8. The molecular formula is C17H17Cl2I. The number of benzene rings is 2. The Morgan fingerprint density at radius 2 is 1.50 bits per heavy atom. The van der Waals surface area contributed by atoms with Crippen LogP contribution in [0.15, 0.2) is 42.5 Å². The van der Waals surface area contributed by atoms with Crippen LogP contribution in [0.1, 0.15) is 42.8 Å². The van der Waals surface area contributed by atoms with E-state index in [0.29, 0.717) is 0 Å². The summed E-state index contributed by atoms with van der Waals surface area (Å²) in [6, 6.07) is 14.5. The van der Waals surface area contributed by atoms with Gasteiger partial charge >= 0.3 is 0 Å². The van der Waals surface area contributed by atoms with Crippen LogP contribution in [-0.2, 0) is 5.41 Å². The first-order valence-corrected chi connectivity index (χ1v) is 8.38. The topological polar surface area (TPSA) is 0 Å². The van der Waals surface area contributed by atoms with Gasteiger partial charge in [-0.1, -0.05) is 62.7 Å². The molecule has 0 aliphatic heterocycles. The maximum atomic E-state index is 6.56. The van der Waals surface area contributed by atoms with Crippen LogP contribution in [0.4, 0.5) is 0 Å². The van der Waals surface area contributed by atoms with Crippen molar-refractivity contribution in [1.82, 2.24) is 0 Å². The summed E-state index contributed by atoms with van der Waals surface area (Å²) in [5.41, 5.74) is 3.59. The van der Waals surface area contributed by atoms with Crippen LogP contribution in [-0.4, -0.2) is 0 Å². The van der Waals surface area contributed by atoms with Crippen molar-refractivity contribution in [2.24, 2.45) is 0 Å². The highest BCUT2D eigenvalue weighted by atomic mass is 127. The van der Waals surface area contributed by atoms with Gasteiger partial charge in [-0.25, -0.2) is 0 Å². The molecule has 2 aromatic carbocycles. The fraction of sp³-hybridized carbons (Fsp3) is 0.294. The summed E-state index contributed by atoms with van der Waals surface area (Å²) in [4.78, 5) is 0. The van der Waals surface area contributed by atoms with Gasteiger partial charge in [0.15, 0.2) is 0 Å². The van der Waals surface area contributed by atoms with Gasteiger partial charge in [-0.15, -0.1) is 11.6 Å². The predicted molar refractivity (Wildman–Crippen MR) is 97.0 cm³/mol. The van der Waals surface area contributed by atoms with Crippen molar-refractivity contribution in [2.45, 2.75) is 31.6 Å².